The highest BCUT2D eigenvalue weighted by Gasteiger charge is 2.54. The van der Waals surface area contributed by atoms with Crippen LogP contribution in [0.3, 0.4) is 0 Å². The van der Waals surface area contributed by atoms with E-state index in [0.29, 0.717) is 37.2 Å². The van der Waals surface area contributed by atoms with Crippen LogP contribution in [0.5, 0.6) is 23.4 Å². The van der Waals surface area contributed by atoms with Crippen LogP contribution in [0.25, 0.3) is 22.2 Å². The number of carbonyl (C=O) groups is 2. The molecule has 3 aliphatic heterocycles. The number of pyridine rings is 2. The SMILES string of the molecule is COc1ccc(CN(Cc2ccc(OC)cc2)c2cc(-c3nc4c5c(nc(OCC6(C=O)CC6)nc5c3F)N3C[C@H]5CC[C@@H]([C@H]3[C@H](C)O4)N5C(=O)OC(C)(C)C)c(C(F)(F)F)c(C)n2)cc1. The first kappa shape index (κ1) is 44.7. The van der Waals surface area contributed by atoms with Crippen molar-refractivity contribution < 1.29 is 50.8 Å². The molecule has 0 unspecified atom stereocenters. The van der Waals surface area contributed by atoms with Gasteiger partial charge < -0.3 is 38.3 Å². The second-order valence-electron chi connectivity index (χ2n) is 18.6. The van der Waals surface area contributed by atoms with Gasteiger partial charge in [-0.25, -0.2) is 19.2 Å². The summed E-state index contributed by atoms with van der Waals surface area (Å²) in [5, 5.41) is 0.0415. The third-order valence-electron chi connectivity index (χ3n) is 12.8. The zero-order valence-electron chi connectivity index (χ0n) is 37.7. The zero-order valence-corrected chi connectivity index (χ0v) is 37.7. The highest BCUT2D eigenvalue weighted by Crippen LogP contribution is 2.49. The normalized spacial score (nSPS) is 20.5. The number of carbonyl (C=O) groups excluding carboxylic acids is 2. The lowest BCUT2D eigenvalue weighted by Crippen LogP contribution is -2.65. The third kappa shape index (κ3) is 8.45. The Morgan fingerprint density at radius 1 is 0.939 bits per heavy atom. The van der Waals surface area contributed by atoms with Gasteiger partial charge in [-0.2, -0.15) is 23.1 Å². The van der Waals surface area contributed by atoms with E-state index in [0.717, 1.165) is 17.4 Å². The second kappa shape index (κ2) is 16.8. The fourth-order valence-electron chi connectivity index (χ4n) is 9.41. The molecular formula is C48H51F4N7O7. The Morgan fingerprint density at radius 3 is 2.14 bits per heavy atom. The summed E-state index contributed by atoms with van der Waals surface area (Å²) < 4.78 is 93.3. The number of fused-ring (bicyclic) bond motifs is 5. The van der Waals surface area contributed by atoms with Crippen molar-refractivity contribution in [3.05, 3.63) is 82.8 Å². The van der Waals surface area contributed by atoms with Crippen LogP contribution in [0.1, 0.15) is 75.8 Å². The van der Waals surface area contributed by atoms with Crippen LogP contribution in [-0.4, -0.2) is 94.4 Å². The Bertz CT molecular complexity index is 2630. The molecular weight excluding hydrogens is 863 g/mol. The minimum absolute atomic E-state index is 0.0415. The summed E-state index contributed by atoms with van der Waals surface area (Å²) in [6.45, 7) is 8.97. The molecule has 3 fully saturated rings. The molecule has 3 aromatic heterocycles. The Balaban J connectivity index is 1.21. The van der Waals surface area contributed by atoms with Crippen molar-refractivity contribution in [3.8, 4) is 34.6 Å². The van der Waals surface area contributed by atoms with E-state index < -0.39 is 69.8 Å². The van der Waals surface area contributed by atoms with Crippen LogP contribution in [0, 0.1) is 18.2 Å². The summed E-state index contributed by atoms with van der Waals surface area (Å²) in [5.74, 6) is 0.217. The van der Waals surface area contributed by atoms with Crippen molar-refractivity contribution >= 4 is 34.9 Å². The topological polar surface area (TPSA) is 142 Å². The average molecular weight is 914 g/mol. The molecule has 1 aliphatic carbocycles. The number of hydrogen-bond acceptors (Lipinski definition) is 13. The van der Waals surface area contributed by atoms with Gasteiger partial charge in [0.25, 0.3) is 0 Å². The van der Waals surface area contributed by atoms with Crippen LogP contribution in [0.2, 0.25) is 0 Å². The van der Waals surface area contributed by atoms with Gasteiger partial charge in [0.05, 0.1) is 49.0 Å². The molecule has 4 atom stereocenters. The standard InChI is InChI=1S/C48H51F4N7O7/c1-26-37(48(50,51)52)33(20-35(53-26)57(21-28-8-13-31(62-6)14-9-28)22-29-10-15-32(63-7)16-11-29)39-38(49)40-36-42(56-44(55-40)64-25-47(24-60)18-19-47)58-23-30-12-17-34(41(58)27(2)65-43(36)54-39)59(30)45(61)66-46(3,4)5/h8-11,13-16,20,24,27,30,34,41H,12,17-19,21-23,25H2,1-7H3/t27-,30+,34-,41+/m0/s1. The van der Waals surface area contributed by atoms with Gasteiger partial charge in [0.2, 0.25) is 5.88 Å². The van der Waals surface area contributed by atoms with Crippen molar-refractivity contribution in [1.82, 2.24) is 24.8 Å². The maximum Gasteiger partial charge on any atom is 0.418 e. The third-order valence-corrected chi connectivity index (χ3v) is 12.8. The number of benzene rings is 2. The lowest BCUT2D eigenvalue weighted by molar-refractivity contribution is -0.137. The largest absolute Gasteiger partial charge is 0.497 e. The molecule has 4 aliphatic rings. The first-order valence-corrected chi connectivity index (χ1v) is 21.9. The van der Waals surface area contributed by atoms with Crippen molar-refractivity contribution in [1.29, 1.82) is 0 Å². The van der Waals surface area contributed by atoms with Crippen LogP contribution in [0.4, 0.5) is 34.0 Å². The van der Waals surface area contributed by atoms with Crippen molar-refractivity contribution in [2.24, 2.45) is 5.41 Å². The number of anilines is 2. The molecule has 5 aromatic rings. The molecule has 0 N–H and O–H groups in total. The molecule has 348 valence electrons. The highest BCUT2D eigenvalue weighted by molar-refractivity contribution is 5.98. The molecule has 1 saturated carbocycles. The van der Waals surface area contributed by atoms with Crippen LogP contribution in [0.15, 0.2) is 54.6 Å². The minimum Gasteiger partial charge on any atom is -0.497 e. The summed E-state index contributed by atoms with van der Waals surface area (Å²) >= 11 is 0. The molecule has 1 amide bonds. The lowest BCUT2D eigenvalue weighted by atomic mass is 9.98. The Labute approximate surface area is 379 Å². The van der Waals surface area contributed by atoms with Gasteiger partial charge in [-0.1, -0.05) is 24.3 Å². The predicted molar refractivity (Wildman–Crippen MR) is 235 cm³/mol. The summed E-state index contributed by atoms with van der Waals surface area (Å²) in [4.78, 5) is 49.6. The fraction of sp³-hybridized carbons (Fsp3) is 0.458. The number of amides is 1. The Morgan fingerprint density at radius 2 is 1.58 bits per heavy atom. The summed E-state index contributed by atoms with van der Waals surface area (Å²) in [6.07, 6.45) is -2.99. The first-order valence-electron chi connectivity index (χ1n) is 21.9. The van der Waals surface area contributed by atoms with Crippen LogP contribution in [-0.2, 0) is 28.8 Å². The summed E-state index contributed by atoms with van der Waals surface area (Å²) in [7, 11) is 3.10. The van der Waals surface area contributed by atoms with E-state index >= 15 is 17.6 Å². The number of halogens is 4. The number of aryl methyl sites for hydroxylation is 1. The maximum absolute atomic E-state index is 17.8. The number of rotatable bonds is 12. The number of ether oxygens (including phenoxy) is 5. The van der Waals surface area contributed by atoms with Gasteiger partial charge in [0.1, 0.15) is 64.3 Å². The van der Waals surface area contributed by atoms with Gasteiger partial charge in [0.15, 0.2) is 5.82 Å². The molecule has 2 saturated heterocycles. The molecule has 14 nitrogen and oxygen atoms in total. The number of methoxy groups -OCH3 is 2. The molecule has 66 heavy (non-hydrogen) atoms. The maximum atomic E-state index is 17.8. The van der Waals surface area contributed by atoms with Gasteiger partial charge >= 0.3 is 18.3 Å². The molecule has 9 rings (SSSR count). The number of aromatic nitrogens is 4. The van der Waals surface area contributed by atoms with E-state index in [1.807, 2.05) is 29.2 Å². The molecule has 2 aromatic carbocycles. The van der Waals surface area contributed by atoms with Crippen molar-refractivity contribution in [2.45, 2.75) is 109 Å². The zero-order chi connectivity index (χ0) is 46.9. The Kier molecular flexibility index (Phi) is 11.4. The molecule has 0 radical (unpaired) electrons. The average Bonchev–Trinajstić information content (AvgIpc) is 4.01. The van der Waals surface area contributed by atoms with Gasteiger partial charge in [-0.15, -0.1) is 0 Å². The van der Waals surface area contributed by atoms with Crippen LogP contribution >= 0.6 is 0 Å². The summed E-state index contributed by atoms with van der Waals surface area (Å²) in [5.41, 5.74) is -3.11. The number of alkyl halides is 3. The van der Waals surface area contributed by atoms with E-state index in [-0.39, 0.29) is 66.7 Å². The van der Waals surface area contributed by atoms with E-state index in [4.69, 9.17) is 28.7 Å². The smallest absolute Gasteiger partial charge is 0.418 e. The second-order valence-corrected chi connectivity index (χ2v) is 18.6. The lowest BCUT2D eigenvalue weighted by Gasteiger charge is -2.48. The Hall–Kier alpha value is -6.46. The molecule has 0 spiro atoms. The number of nitrogens with zero attached hydrogens (tertiary/aromatic N) is 7. The van der Waals surface area contributed by atoms with E-state index in [1.165, 1.54) is 13.0 Å². The number of aldehydes is 1. The molecule has 6 heterocycles. The van der Waals surface area contributed by atoms with Crippen LogP contribution < -0.4 is 28.7 Å². The predicted octanol–water partition coefficient (Wildman–Crippen LogP) is 8.87. The van der Waals surface area contributed by atoms with Gasteiger partial charge in [-0.05, 0) is 102 Å². The summed E-state index contributed by atoms with van der Waals surface area (Å²) in [6, 6.07) is 14.1. The fourth-order valence-corrected chi connectivity index (χ4v) is 9.41. The first-order chi connectivity index (χ1) is 31.4. The number of piperazine rings is 1. The molecule has 18 heteroatoms. The van der Waals surface area contributed by atoms with E-state index in [2.05, 4.69) is 15.0 Å². The number of hydrogen-bond donors (Lipinski definition) is 0. The van der Waals surface area contributed by atoms with Crippen molar-refractivity contribution in [2.75, 3.05) is 37.2 Å². The van der Waals surface area contributed by atoms with E-state index in [1.54, 1.807) is 76.0 Å². The van der Waals surface area contributed by atoms with Crippen molar-refractivity contribution in [3.63, 3.8) is 0 Å². The van der Waals surface area contributed by atoms with E-state index in [9.17, 15) is 9.59 Å². The molecule has 2 bridgehead atoms. The quantitative estimate of drug-likeness (QED) is 0.0870. The highest BCUT2D eigenvalue weighted by atomic mass is 19.4. The van der Waals surface area contributed by atoms with Gasteiger partial charge in [-0.3, -0.25) is 4.90 Å². The minimum atomic E-state index is -5.00. The monoisotopic (exact) mass is 913 g/mol. The van der Waals surface area contributed by atoms with Gasteiger partial charge in [0, 0.05) is 25.2 Å².